The van der Waals surface area contributed by atoms with E-state index in [4.69, 9.17) is 5.73 Å². The van der Waals surface area contributed by atoms with Crippen LogP contribution >= 0.6 is 0 Å². The largest absolute Gasteiger partial charge is 0.416 e. The molecule has 0 saturated heterocycles. The van der Waals surface area contributed by atoms with Crippen molar-refractivity contribution in [1.29, 1.82) is 0 Å². The summed E-state index contributed by atoms with van der Waals surface area (Å²) in [5, 5.41) is 0. The van der Waals surface area contributed by atoms with Crippen LogP contribution in [0, 0.1) is 5.92 Å². The second-order valence-corrected chi connectivity index (χ2v) is 3.73. The Morgan fingerprint density at radius 2 is 2.06 bits per heavy atom. The summed E-state index contributed by atoms with van der Waals surface area (Å²) in [6.07, 6.45) is -3.73. The van der Waals surface area contributed by atoms with Crippen LogP contribution in [0.5, 0.6) is 0 Å². The summed E-state index contributed by atoms with van der Waals surface area (Å²) in [5.74, 6) is -0.440. The Bertz CT molecular complexity index is 387. The minimum atomic E-state index is -4.44. The highest BCUT2D eigenvalue weighted by molar-refractivity contribution is 5.55. The molecule has 1 aromatic carbocycles. The summed E-state index contributed by atoms with van der Waals surface area (Å²) in [4.78, 5) is 10.4. The van der Waals surface area contributed by atoms with Crippen LogP contribution in [0.25, 0.3) is 0 Å². The van der Waals surface area contributed by atoms with Gasteiger partial charge in [0.15, 0.2) is 0 Å². The quantitative estimate of drug-likeness (QED) is 0.642. The van der Waals surface area contributed by atoms with Crippen LogP contribution in [0.15, 0.2) is 18.2 Å². The van der Waals surface area contributed by atoms with E-state index in [1.165, 1.54) is 12.1 Å². The van der Waals surface area contributed by atoms with Crippen LogP contribution in [0.2, 0.25) is 0 Å². The molecule has 1 rings (SSSR count). The van der Waals surface area contributed by atoms with Gasteiger partial charge in [-0.1, -0.05) is 13.0 Å². The normalized spacial score (nSPS) is 13.5. The fourth-order valence-electron chi connectivity index (χ4n) is 1.43. The Morgan fingerprint density at radius 3 is 2.56 bits per heavy atom. The van der Waals surface area contributed by atoms with Crippen LogP contribution in [-0.2, 0) is 17.4 Å². The smallest absolute Gasteiger partial charge is 0.399 e. The Morgan fingerprint density at radius 1 is 1.44 bits per heavy atom. The SMILES string of the molecule is CC(C=O)Cc1ccc(N)cc1C(F)(F)F. The Labute approximate surface area is 91.3 Å². The molecule has 0 fully saturated rings. The number of hydrogen-bond acceptors (Lipinski definition) is 2. The van der Waals surface area contributed by atoms with Crippen molar-refractivity contribution in [2.45, 2.75) is 19.5 Å². The third kappa shape index (κ3) is 2.98. The van der Waals surface area contributed by atoms with Gasteiger partial charge in [-0.15, -0.1) is 0 Å². The zero-order chi connectivity index (χ0) is 12.3. The fourth-order valence-corrected chi connectivity index (χ4v) is 1.43. The number of nitrogen functional groups attached to an aromatic ring is 1. The monoisotopic (exact) mass is 231 g/mol. The van der Waals surface area contributed by atoms with Gasteiger partial charge in [-0.2, -0.15) is 13.2 Å². The molecular formula is C11H12F3NO. The average molecular weight is 231 g/mol. The van der Waals surface area contributed by atoms with Crippen molar-refractivity contribution >= 4 is 12.0 Å². The van der Waals surface area contributed by atoms with Crippen molar-refractivity contribution in [3.05, 3.63) is 29.3 Å². The number of benzene rings is 1. The van der Waals surface area contributed by atoms with Gasteiger partial charge in [-0.25, -0.2) is 0 Å². The predicted octanol–water partition coefficient (Wildman–Crippen LogP) is 2.67. The maximum atomic E-state index is 12.6. The summed E-state index contributed by atoms with van der Waals surface area (Å²) >= 11 is 0. The first-order chi connectivity index (χ1) is 7.34. The molecule has 88 valence electrons. The van der Waals surface area contributed by atoms with E-state index in [2.05, 4.69) is 0 Å². The summed E-state index contributed by atoms with van der Waals surface area (Å²) in [5.41, 5.74) is 4.72. The molecule has 0 saturated carbocycles. The lowest BCUT2D eigenvalue weighted by Crippen LogP contribution is -2.12. The van der Waals surface area contributed by atoms with E-state index in [9.17, 15) is 18.0 Å². The van der Waals surface area contributed by atoms with E-state index in [0.29, 0.717) is 6.29 Å². The summed E-state index contributed by atoms with van der Waals surface area (Å²) in [7, 11) is 0. The molecular weight excluding hydrogens is 219 g/mol. The molecule has 0 heterocycles. The molecule has 2 N–H and O–H groups in total. The Balaban J connectivity index is 3.13. The van der Waals surface area contributed by atoms with E-state index in [-0.39, 0.29) is 17.7 Å². The molecule has 0 aromatic heterocycles. The molecule has 0 aliphatic heterocycles. The lowest BCUT2D eigenvalue weighted by Gasteiger charge is -2.14. The van der Waals surface area contributed by atoms with Crippen LogP contribution in [-0.4, -0.2) is 6.29 Å². The van der Waals surface area contributed by atoms with Gasteiger partial charge in [0.2, 0.25) is 0 Å². The lowest BCUT2D eigenvalue weighted by molar-refractivity contribution is -0.138. The van der Waals surface area contributed by atoms with Gasteiger partial charge in [-0.3, -0.25) is 0 Å². The number of carbonyl (C=O) groups excluding carboxylic acids is 1. The van der Waals surface area contributed by atoms with Crippen molar-refractivity contribution in [3.63, 3.8) is 0 Å². The van der Waals surface area contributed by atoms with Crippen molar-refractivity contribution in [1.82, 2.24) is 0 Å². The zero-order valence-corrected chi connectivity index (χ0v) is 8.71. The van der Waals surface area contributed by atoms with Crippen molar-refractivity contribution in [3.8, 4) is 0 Å². The first-order valence-electron chi connectivity index (χ1n) is 4.75. The second-order valence-electron chi connectivity index (χ2n) is 3.73. The number of rotatable bonds is 3. The number of alkyl halides is 3. The van der Waals surface area contributed by atoms with Crippen LogP contribution < -0.4 is 5.73 Å². The molecule has 1 atom stereocenters. The van der Waals surface area contributed by atoms with Gasteiger partial charge >= 0.3 is 6.18 Å². The molecule has 0 amide bonds. The highest BCUT2D eigenvalue weighted by atomic mass is 19.4. The third-order valence-electron chi connectivity index (χ3n) is 2.21. The Kier molecular flexibility index (Phi) is 3.57. The number of halogens is 3. The minimum Gasteiger partial charge on any atom is -0.399 e. The molecule has 0 aliphatic rings. The van der Waals surface area contributed by atoms with Crippen LogP contribution in [0.4, 0.5) is 18.9 Å². The molecule has 0 bridgehead atoms. The highest BCUT2D eigenvalue weighted by Gasteiger charge is 2.33. The number of carbonyl (C=O) groups is 1. The number of nitrogens with two attached hydrogens (primary N) is 1. The fraction of sp³-hybridized carbons (Fsp3) is 0.364. The summed E-state index contributed by atoms with van der Waals surface area (Å²) in [6, 6.07) is 3.62. The predicted molar refractivity (Wildman–Crippen MR) is 54.8 cm³/mol. The molecule has 0 spiro atoms. The van der Waals surface area contributed by atoms with Gasteiger partial charge in [0.25, 0.3) is 0 Å². The van der Waals surface area contributed by atoms with Gasteiger partial charge in [-0.05, 0) is 24.1 Å². The molecule has 1 unspecified atom stereocenters. The second kappa shape index (κ2) is 4.55. The van der Waals surface area contributed by atoms with E-state index in [1.807, 2.05) is 0 Å². The minimum absolute atomic E-state index is 0.0647. The molecule has 2 nitrogen and oxygen atoms in total. The summed E-state index contributed by atoms with van der Waals surface area (Å²) in [6.45, 7) is 1.57. The van der Waals surface area contributed by atoms with Gasteiger partial charge in [0.05, 0.1) is 5.56 Å². The average Bonchev–Trinajstić information content (AvgIpc) is 2.19. The van der Waals surface area contributed by atoms with E-state index >= 15 is 0 Å². The highest BCUT2D eigenvalue weighted by Crippen LogP contribution is 2.34. The number of aldehydes is 1. The first-order valence-corrected chi connectivity index (χ1v) is 4.75. The molecule has 1 aromatic rings. The first kappa shape index (κ1) is 12.5. The molecule has 16 heavy (non-hydrogen) atoms. The van der Waals surface area contributed by atoms with Crippen molar-refractivity contribution in [2.75, 3.05) is 5.73 Å². The molecule has 0 radical (unpaired) electrons. The van der Waals surface area contributed by atoms with Crippen molar-refractivity contribution < 1.29 is 18.0 Å². The molecule has 5 heteroatoms. The van der Waals surface area contributed by atoms with Gasteiger partial charge in [0, 0.05) is 11.6 Å². The van der Waals surface area contributed by atoms with E-state index in [0.717, 1.165) is 6.07 Å². The van der Waals surface area contributed by atoms with Crippen LogP contribution in [0.3, 0.4) is 0 Å². The maximum Gasteiger partial charge on any atom is 0.416 e. The maximum absolute atomic E-state index is 12.6. The number of anilines is 1. The summed E-state index contributed by atoms with van der Waals surface area (Å²) < 4.78 is 37.9. The zero-order valence-electron chi connectivity index (χ0n) is 8.71. The Hall–Kier alpha value is -1.52. The third-order valence-corrected chi connectivity index (χ3v) is 2.21. The van der Waals surface area contributed by atoms with E-state index < -0.39 is 17.7 Å². The number of hydrogen-bond donors (Lipinski definition) is 1. The van der Waals surface area contributed by atoms with Gasteiger partial charge in [0.1, 0.15) is 6.29 Å². The lowest BCUT2D eigenvalue weighted by atomic mass is 9.97. The van der Waals surface area contributed by atoms with E-state index in [1.54, 1.807) is 6.92 Å². The standard InChI is InChI=1S/C11H12F3NO/c1-7(6-16)4-8-2-3-9(15)5-10(8)11(12,13)14/h2-3,5-7H,4,15H2,1H3. The van der Waals surface area contributed by atoms with Crippen LogP contribution in [0.1, 0.15) is 18.1 Å². The van der Waals surface area contributed by atoms with Gasteiger partial charge < -0.3 is 10.5 Å². The molecule has 0 aliphatic carbocycles. The van der Waals surface area contributed by atoms with Crippen molar-refractivity contribution in [2.24, 2.45) is 5.92 Å². The topological polar surface area (TPSA) is 43.1 Å².